The average Bonchev–Trinajstić information content (AvgIpc) is 2.17. The molecule has 0 amide bonds. The molecule has 1 aliphatic carbocycles. The van der Waals surface area contributed by atoms with Crippen molar-refractivity contribution in [2.45, 2.75) is 18.8 Å². The van der Waals surface area contributed by atoms with Crippen LogP contribution in [0, 0.1) is 0 Å². The first kappa shape index (κ1) is 9.84. The molecule has 1 aliphatic rings. The molecule has 78 valence electrons. The molecule has 1 aromatic rings. The van der Waals surface area contributed by atoms with Crippen LogP contribution in [0.5, 0.6) is 5.75 Å². The van der Waals surface area contributed by atoms with Crippen molar-refractivity contribution < 1.29 is 5.11 Å². The molecule has 2 nitrogen and oxygen atoms in total. The summed E-state index contributed by atoms with van der Waals surface area (Å²) in [6.45, 7) is 2.08. The molecule has 2 heteroatoms. The number of hydrogen-bond donors (Lipinski definition) is 2. The maximum atomic E-state index is 9.82. The minimum Gasteiger partial charge on any atom is -0.508 e. The largest absolute Gasteiger partial charge is 0.508 e. The number of aromatic hydroxyl groups is 1. The van der Waals surface area contributed by atoms with Crippen LogP contribution in [0.3, 0.4) is 0 Å². The first-order valence-corrected chi connectivity index (χ1v) is 5.04. The second-order valence-electron chi connectivity index (χ2n) is 4.21. The highest BCUT2D eigenvalue weighted by Crippen LogP contribution is 2.38. The summed E-state index contributed by atoms with van der Waals surface area (Å²) in [5.74, 6) is 0.333. The Morgan fingerprint density at radius 1 is 1.33 bits per heavy atom. The van der Waals surface area contributed by atoms with Crippen molar-refractivity contribution in [3.05, 3.63) is 53.8 Å². The smallest absolute Gasteiger partial charge is 0.119 e. The molecule has 1 atom stereocenters. The summed E-state index contributed by atoms with van der Waals surface area (Å²) in [5, 5.41) is 9.82. The van der Waals surface area contributed by atoms with Crippen LogP contribution >= 0.6 is 0 Å². The fraction of sp³-hybridized carbons (Fsp3) is 0.231. The summed E-state index contributed by atoms with van der Waals surface area (Å²) in [6.07, 6.45) is 6.69. The molecule has 0 heterocycles. The number of benzene rings is 1. The fourth-order valence-electron chi connectivity index (χ4n) is 2.07. The minimum absolute atomic E-state index is 0.190. The quantitative estimate of drug-likeness (QED) is 0.733. The highest BCUT2D eigenvalue weighted by Gasteiger charge is 2.28. The Kier molecular flexibility index (Phi) is 2.27. The average molecular weight is 201 g/mol. The highest BCUT2D eigenvalue weighted by atomic mass is 16.3. The number of rotatable bonds is 1. The lowest BCUT2D eigenvalue weighted by atomic mass is 9.76. The lowest BCUT2D eigenvalue weighted by molar-refractivity contribution is 0.447. The van der Waals surface area contributed by atoms with Crippen LogP contribution in [0.15, 0.2) is 48.2 Å². The third-order valence-corrected chi connectivity index (χ3v) is 2.87. The molecule has 0 fully saturated rings. The van der Waals surface area contributed by atoms with Gasteiger partial charge in [0.25, 0.3) is 0 Å². The molecular formula is C13H15NO. The predicted molar refractivity (Wildman–Crippen MR) is 61.5 cm³/mol. The summed E-state index contributed by atoms with van der Waals surface area (Å²) in [4.78, 5) is 0. The summed E-state index contributed by atoms with van der Waals surface area (Å²) >= 11 is 0. The van der Waals surface area contributed by atoms with Crippen molar-refractivity contribution in [3.8, 4) is 5.75 Å². The van der Waals surface area contributed by atoms with Gasteiger partial charge in [-0.05, 0) is 18.6 Å². The van der Waals surface area contributed by atoms with Crippen molar-refractivity contribution in [1.29, 1.82) is 0 Å². The Bertz CT molecular complexity index is 434. The summed E-state index contributed by atoms with van der Waals surface area (Å²) in [7, 11) is 0. The molecule has 15 heavy (non-hydrogen) atoms. The van der Waals surface area contributed by atoms with Gasteiger partial charge in [0, 0.05) is 16.7 Å². The van der Waals surface area contributed by atoms with E-state index >= 15 is 0 Å². The normalized spacial score (nSPS) is 25.0. The molecule has 1 aromatic carbocycles. The zero-order chi connectivity index (χ0) is 10.9. The van der Waals surface area contributed by atoms with Gasteiger partial charge in [0.2, 0.25) is 0 Å². The second-order valence-corrected chi connectivity index (χ2v) is 4.21. The Hall–Kier alpha value is -1.70. The topological polar surface area (TPSA) is 46.2 Å². The number of nitrogens with two attached hydrogens (primary N) is 1. The zero-order valence-corrected chi connectivity index (χ0v) is 8.77. The third-order valence-electron chi connectivity index (χ3n) is 2.87. The molecule has 1 unspecified atom stereocenters. The van der Waals surface area contributed by atoms with Crippen LogP contribution < -0.4 is 5.73 Å². The van der Waals surface area contributed by atoms with Crippen molar-refractivity contribution in [1.82, 2.24) is 0 Å². The lowest BCUT2D eigenvalue weighted by Gasteiger charge is -2.29. The van der Waals surface area contributed by atoms with Gasteiger partial charge in [-0.25, -0.2) is 0 Å². The molecule has 0 bridgehead atoms. The molecule has 2 rings (SSSR count). The molecule has 0 radical (unpaired) electrons. The first-order chi connectivity index (χ1) is 7.12. The van der Waals surface area contributed by atoms with E-state index in [0.717, 1.165) is 17.7 Å². The lowest BCUT2D eigenvalue weighted by Crippen LogP contribution is -2.24. The Morgan fingerprint density at radius 3 is 2.73 bits per heavy atom. The number of phenolic OH excluding ortho intramolecular Hbond substituents is 1. The van der Waals surface area contributed by atoms with Crippen LogP contribution in [0.25, 0.3) is 0 Å². The van der Waals surface area contributed by atoms with Crippen LogP contribution in [0.4, 0.5) is 0 Å². The minimum atomic E-state index is -0.190. The Labute approximate surface area is 89.7 Å². The van der Waals surface area contributed by atoms with Crippen LogP contribution in [0.2, 0.25) is 0 Å². The van der Waals surface area contributed by atoms with E-state index in [-0.39, 0.29) is 5.41 Å². The maximum Gasteiger partial charge on any atom is 0.119 e. The van der Waals surface area contributed by atoms with Crippen LogP contribution in [0.1, 0.15) is 18.9 Å². The van der Waals surface area contributed by atoms with E-state index < -0.39 is 0 Å². The highest BCUT2D eigenvalue weighted by molar-refractivity contribution is 5.44. The van der Waals surface area contributed by atoms with Gasteiger partial charge in [0.1, 0.15) is 5.75 Å². The molecule has 3 N–H and O–H groups in total. The zero-order valence-electron chi connectivity index (χ0n) is 8.77. The van der Waals surface area contributed by atoms with Gasteiger partial charge in [-0.2, -0.15) is 0 Å². The van der Waals surface area contributed by atoms with E-state index in [1.807, 2.05) is 30.4 Å². The van der Waals surface area contributed by atoms with Gasteiger partial charge in [-0.3, -0.25) is 0 Å². The number of para-hydroxylation sites is 1. The monoisotopic (exact) mass is 201 g/mol. The molecule has 0 spiro atoms. The third kappa shape index (κ3) is 1.75. The van der Waals surface area contributed by atoms with E-state index in [0.29, 0.717) is 5.75 Å². The molecule has 0 aliphatic heterocycles. The predicted octanol–water partition coefficient (Wildman–Crippen LogP) is 2.45. The molecular weight excluding hydrogens is 186 g/mol. The van der Waals surface area contributed by atoms with E-state index in [2.05, 4.69) is 13.0 Å². The Balaban J connectivity index is 2.44. The number of allylic oxidation sites excluding steroid dienone is 4. The summed E-state index contributed by atoms with van der Waals surface area (Å²) in [6, 6.07) is 7.41. The first-order valence-electron chi connectivity index (χ1n) is 5.04. The van der Waals surface area contributed by atoms with Crippen LogP contribution in [-0.2, 0) is 5.41 Å². The van der Waals surface area contributed by atoms with E-state index in [1.165, 1.54) is 0 Å². The van der Waals surface area contributed by atoms with Gasteiger partial charge in [0.15, 0.2) is 0 Å². The van der Waals surface area contributed by atoms with Crippen molar-refractivity contribution in [3.63, 3.8) is 0 Å². The Morgan fingerprint density at radius 2 is 2.07 bits per heavy atom. The standard InChI is InChI=1S/C13H15NO/c1-13(8-4-5-10(14)9-13)11-6-2-3-7-12(11)15/h2-8,15H,9,14H2,1H3. The number of hydrogen-bond acceptors (Lipinski definition) is 2. The molecule has 0 aromatic heterocycles. The van der Waals surface area contributed by atoms with E-state index in [4.69, 9.17) is 5.73 Å². The SMILES string of the molecule is CC1(c2ccccc2O)C=CC=C(N)C1. The van der Waals surface area contributed by atoms with Gasteiger partial charge in [-0.15, -0.1) is 0 Å². The fourth-order valence-corrected chi connectivity index (χ4v) is 2.07. The number of phenols is 1. The summed E-state index contributed by atoms with van der Waals surface area (Å²) < 4.78 is 0. The second kappa shape index (κ2) is 3.46. The van der Waals surface area contributed by atoms with Gasteiger partial charge < -0.3 is 10.8 Å². The molecule has 0 saturated carbocycles. The maximum absolute atomic E-state index is 9.82. The van der Waals surface area contributed by atoms with Gasteiger partial charge in [0.05, 0.1) is 0 Å². The van der Waals surface area contributed by atoms with Gasteiger partial charge in [-0.1, -0.05) is 37.3 Å². The molecule has 0 saturated heterocycles. The van der Waals surface area contributed by atoms with Crippen molar-refractivity contribution in [2.75, 3.05) is 0 Å². The van der Waals surface area contributed by atoms with Crippen molar-refractivity contribution in [2.24, 2.45) is 5.73 Å². The van der Waals surface area contributed by atoms with Gasteiger partial charge >= 0.3 is 0 Å². The van der Waals surface area contributed by atoms with Crippen LogP contribution in [-0.4, -0.2) is 5.11 Å². The van der Waals surface area contributed by atoms with Crippen molar-refractivity contribution >= 4 is 0 Å². The van der Waals surface area contributed by atoms with E-state index in [1.54, 1.807) is 6.07 Å². The summed E-state index contributed by atoms with van der Waals surface area (Å²) in [5.41, 5.74) is 7.41. The van der Waals surface area contributed by atoms with E-state index in [9.17, 15) is 5.11 Å².